The van der Waals surface area contributed by atoms with E-state index >= 15 is 0 Å². The SMILES string of the molecule is Cc1c[nH]c2ncc(-n3c(=O)n(CC4CCC(NC(=O)c5cc(Cl)cnc5C(F)F)CC4)c4ccccc43)cc12. The largest absolute Gasteiger partial charge is 0.349 e. The molecule has 1 amide bonds. The van der Waals surface area contributed by atoms with Crippen LogP contribution in [0.25, 0.3) is 27.8 Å². The number of aromatic amines is 1. The van der Waals surface area contributed by atoms with Crippen LogP contribution in [0.2, 0.25) is 5.02 Å². The molecular weight excluding hydrogens is 538 g/mol. The molecule has 4 heterocycles. The molecule has 0 spiro atoms. The van der Waals surface area contributed by atoms with Crippen molar-refractivity contribution in [2.24, 2.45) is 5.92 Å². The molecule has 11 heteroatoms. The smallest absolute Gasteiger partial charge is 0.333 e. The van der Waals surface area contributed by atoms with Crippen molar-refractivity contribution in [1.29, 1.82) is 0 Å². The summed E-state index contributed by atoms with van der Waals surface area (Å²) < 4.78 is 30.3. The quantitative estimate of drug-likeness (QED) is 0.266. The van der Waals surface area contributed by atoms with Crippen molar-refractivity contribution in [2.75, 3.05) is 0 Å². The Morgan fingerprint density at radius 1 is 1.12 bits per heavy atom. The highest BCUT2D eigenvalue weighted by Crippen LogP contribution is 2.29. The van der Waals surface area contributed by atoms with E-state index in [1.54, 1.807) is 10.8 Å². The van der Waals surface area contributed by atoms with Gasteiger partial charge in [0.1, 0.15) is 11.3 Å². The second kappa shape index (κ2) is 10.5. The maximum atomic E-state index is 13.8. The Morgan fingerprint density at radius 2 is 1.88 bits per heavy atom. The van der Waals surface area contributed by atoms with Gasteiger partial charge < -0.3 is 10.3 Å². The number of nitrogens with one attached hydrogen (secondary N) is 2. The molecule has 0 saturated heterocycles. The number of nitrogens with zero attached hydrogens (tertiary/aromatic N) is 4. The van der Waals surface area contributed by atoms with E-state index in [0.29, 0.717) is 25.1 Å². The molecule has 0 aliphatic heterocycles. The first-order valence-corrected chi connectivity index (χ1v) is 13.6. The van der Waals surface area contributed by atoms with Crippen molar-refractivity contribution in [2.45, 2.75) is 51.6 Å². The van der Waals surface area contributed by atoms with Crippen LogP contribution < -0.4 is 11.0 Å². The number of benzene rings is 1. The lowest BCUT2D eigenvalue weighted by Crippen LogP contribution is -2.39. The predicted octanol–water partition coefficient (Wildman–Crippen LogP) is 5.95. The van der Waals surface area contributed by atoms with E-state index in [9.17, 15) is 18.4 Å². The monoisotopic (exact) mass is 564 g/mol. The first-order chi connectivity index (χ1) is 19.3. The number of rotatable bonds is 6. The molecule has 0 atom stereocenters. The van der Waals surface area contributed by atoms with E-state index in [1.165, 1.54) is 6.07 Å². The molecule has 1 aromatic carbocycles. The predicted molar refractivity (Wildman–Crippen MR) is 149 cm³/mol. The number of fused-ring (bicyclic) bond motifs is 2. The van der Waals surface area contributed by atoms with Crippen LogP contribution in [0.3, 0.4) is 0 Å². The average molecular weight is 565 g/mol. The van der Waals surface area contributed by atoms with Gasteiger partial charge >= 0.3 is 5.69 Å². The van der Waals surface area contributed by atoms with E-state index in [1.807, 2.05) is 48.0 Å². The van der Waals surface area contributed by atoms with Gasteiger partial charge in [0.25, 0.3) is 12.3 Å². The lowest BCUT2D eigenvalue weighted by molar-refractivity contribution is 0.0904. The zero-order chi connectivity index (χ0) is 28.0. The molecule has 6 rings (SSSR count). The molecule has 0 radical (unpaired) electrons. The fourth-order valence-corrected chi connectivity index (χ4v) is 5.85. The molecule has 0 unspecified atom stereocenters. The number of pyridine rings is 2. The minimum Gasteiger partial charge on any atom is -0.349 e. The number of H-pyrrole nitrogens is 1. The summed E-state index contributed by atoms with van der Waals surface area (Å²) >= 11 is 5.90. The summed E-state index contributed by atoms with van der Waals surface area (Å²) in [6.45, 7) is 2.54. The number of alkyl halides is 2. The van der Waals surface area contributed by atoms with Gasteiger partial charge in [-0.3, -0.25) is 18.9 Å². The van der Waals surface area contributed by atoms with Gasteiger partial charge in [-0.1, -0.05) is 23.7 Å². The van der Waals surface area contributed by atoms with Crippen molar-refractivity contribution in [3.63, 3.8) is 0 Å². The minimum absolute atomic E-state index is 0.126. The number of halogens is 3. The van der Waals surface area contributed by atoms with Crippen LogP contribution in [-0.4, -0.2) is 36.0 Å². The number of para-hydroxylation sites is 2. The van der Waals surface area contributed by atoms with Crippen LogP contribution >= 0.6 is 11.6 Å². The summed E-state index contributed by atoms with van der Waals surface area (Å²) in [7, 11) is 0. The zero-order valence-electron chi connectivity index (χ0n) is 21.7. The zero-order valence-corrected chi connectivity index (χ0v) is 22.5. The third-order valence-electron chi connectivity index (χ3n) is 7.78. The van der Waals surface area contributed by atoms with Crippen LogP contribution in [-0.2, 0) is 6.54 Å². The molecule has 4 aromatic heterocycles. The third kappa shape index (κ3) is 4.77. The number of hydrogen-bond donors (Lipinski definition) is 2. The molecule has 5 aromatic rings. The fraction of sp³-hybridized carbons (Fsp3) is 0.310. The second-order valence-electron chi connectivity index (χ2n) is 10.4. The Kier molecular flexibility index (Phi) is 6.87. The summed E-state index contributed by atoms with van der Waals surface area (Å²) in [6.07, 6.45) is 4.75. The molecule has 40 heavy (non-hydrogen) atoms. The molecule has 0 bridgehead atoms. The number of imidazole rings is 1. The Hall–Kier alpha value is -4.05. The molecule has 1 aliphatic rings. The van der Waals surface area contributed by atoms with Gasteiger partial charge in [0.15, 0.2) is 0 Å². The number of carbonyl (C=O) groups is 1. The van der Waals surface area contributed by atoms with Crippen LogP contribution in [0.15, 0.2) is 59.8 Å². The lowest BCUT2D eigenvalue weighted by Gasteiger charge is -2.29. The third-order valence-corrected chi connectivity index (χ3v) is 7.98. The molecule has 206 valence electrons. The van der Waals surface area contributed by atoms with Crippen LogP contribution in [0, 0.1) is 12.8 Å². The Morgan fingerprint density at radius 3 is 2.62 bits per heavy atom. The van der Waals surface area contributed by atoms with Gasteiger partial charge in [-0.15, -0.1) is 0 Å². The first kappa shape index (κ1) is 26.2. The van der Waals surface area contributed by atoms with Gasteiger partial charge in [0.2, 0.25) is 0 Å². The number of hydrogen-bond acceptors (Lipinski definition) is 4. The van der Waals surface area contributed by atoms with Crippen molar-refractivity contribution in [3.8, 4) is 5.69 Å². The van der Waals surface area contributed by atoms with Gasteiger partial charge in [-0.2, -0.15) is 0 Å². The molecular formula is C29H27ClF2N6O2. The van der Waals surface area contributed by atoms with Crippen molar-refractivity contribution >= 4 is 39.6 Å². The highest BCUT2D eigenvalue weighted by molar-refractivity contribution is 6.30. The maximum Gasteiger partial charge on any atom is 0.333 e. The van der Waals surface area contributed by atoms with Crippen LogP contribution in [0.4, 0.5) is 8.78 Å². The number of amides is 1. The van der Waals surface area contributed by atoms with Crippen molar-refractivity contribution in [1.82, 2.24) is 29.4 Å². The summed E-state index contributed by atoms with van der Waals surface area (Å²) in [5.41, 5.74) is 3.30. The second-order valence-corrected chi connectivity index (χ2v) is 10.8. The maximum absolute atomic E-state index is 13.8. The Balaban J connectivity index is 1.20. The minimum atomic E-state index is -2.88. The van der Waals surface area contributed by atoms with E-state index in [-0.39, 0.29) is 28.2 Å². The average Bonchev–Trinajstić information content (AvgIpc) is 3.45. The standard InChI is InChI=1S/C29H27ClF2N6O2/c1-16-12-34-27-21(16)11-20(14-35-27)38-24-5-3-2-4-23(24)37(29(38)40)15-17-6-8-19(9-7-17)36-28(39)22-10-18(30)13-33-25(22)26(31)32/h2-5,10-14,17,19,26H,6-9,15H2,1H3,(H,34,35)(H,36,39). The van der Waals surface area contributed by atoms with Gasteiger partial charge in [-0.25, -0.2) is 18.6 Å². The summed E-state index contributed by atoms with van der Waals surface area (Å²) in [5.74, 6) is -0.377. The molecule has 1 aliphatic carbocycles. The van der Waals surface area contributed by atoms with Gasteiger partial charge in [0.05, 0.1) is 33.5 Å². The Bertz CT molecular complexity index is 1780. The Labute approximate surface area is 233 Å². The van der Waals surface area contributed by atoms with E-state index in [4.69, 9.17) is 11.6 Å². The van der Waals surface area contributed by atoms with Crippen molar-refractivity contribution < 1.29 is 13.6 Å². The number of aromatic nitrogens is 5. The van der Waals surface area contributed by atoms with E-state index in [2.05, 4.69) is 20.3 Å². The summed E-state index contributed by atoms with van der Waals surface area (Å²) in [6, 6.07) is 10.8. The van der Waals surface area contributed by atoms with Gasteiger partial charge in [0, 0.05) is 30.4 Å². The number of carbonyl (C=O) groups excluding carboxylic acids is 1. The topological polar surface area (TPSA) is 97.6 Å². The van der Waals surface area contributed by atoms with Crippen LogP contribution in [0.1, 0.15) is 53.7 Å². The fourth-order valence-electron chi connectivity index (χ4n) is 5.70. The number of aryl methyl sites for hydroxylation is 1. The molecule has 2 N–H and O–H groups in total. The molecule has 1 fully saturated rings. The highest BCUT2D eigenvalue weighted by atomic mass is 35.5. The summed E-state index contributed by atoms with van der Waals surface area (Å²) in [4.78, 5) is 37.8. The van der Waals surface area contributed by atoms with Crippen molar-refractivity contribution in [3.05, 3.63) is 87.3 Å². The highest BCUT2D eigenvalue weighted by Gasteiger charge is 2.27. The normalized spacial score (nSPS) is 17.6. The van der Waals surface area contributed by atoms with Crippen LogP contribution in [0.5, 0.6) is 0 Å². The van der Waals surface area contributed by atoms with Gasteiger partial charge in [-0.05, 0) is 68.4 Å². The molecule has 1 saturated carbocycles. The van der Waals surface area contributed by atoms with E-state index in [0.717, 1.165) is 46.7 Å². The first-order valence-electron chi connectivity index (χ1n) is 13.2. The summed E-state index contributed by atoms with van der Waals surface area (Å²) in [5, 5.41) is 3.97. The molecule has 8 nitrogen and oxygen atoms in total. The van der Waals surface area contributed by atoms with E-state index < -0.39 is 18.0 Å². The lowest BCUT2D eigenvalue weighted by atomic mass is 9.85.